The second kappa shape index (κ2) is 12.5. The number of nitrogens with one attached hydrogen (secondary N) is 2. The maximum atomic E-state index is 13.3. The molecular formula is C29H36F3N3O4S2. The van der Waals surface area contributed by atoms with Crippen molar-refractivity contribution in [1.82, 2.24) is 15.0 Å². The number of alkyl halides is 3. The van der Waals surface area contributed by atoms with E-state index in [9.17, 15) is 26.4 Å². The number of hydrogen-bond acceptors (Lipinski definition) is 6. The lowest BCUT2D eigenvalue weighted by atomic mass is 9.85. The average molecular weight is 612 g/mol. The van der Waals surface area contributed by atoms with Crippen molar-refractivity contribution >= 4 is 37.7 Å². The summed E-state index contributed by atoms with van der Waals surface area (Å²) < 4.78 is 73.1. The lowest BCUT2D eigenvalue weighted by molar-refractivity contribution is -0.146. The molecule has 3 aliphatic rings. The first-order valence-corrected chi connectivity index (χ1v) is 16.6. The molecule has 41 heavy (non-hydrogen) atoms. The van der Waals surface area contributed by atoms with E-state index in [2.05, 4.69) is 5.32 Å². The maximum absolute atomic E-state index is 13.3. The zero-order valence-electron chi connectivity index (χ0n) is 23.1. The van der Waals surface area contributed by atoms with Crippen LogP contribution in [0.4, 0.5) is 13.2 Å². The van der Waals surface area contributed by atoms with Gasteiger partial charge in [0.25, 0.3) is 5.91 Å². The average Bonchev–Trinajstić information content (AvgIpc) is 3.36. The summed E-state index contributed by atoms with van der Waals surface area (Å²) in [5, 5.41) is 4.52. The maximum Gasteiger partial charge on any atom is 0.404 e. The number of amides is 1. The molecule has 0 bridgehead atoms. The Labute approximate surface area is 242 Å². The number of rotatable bonds is 8. The van der Waals surface area contributed by atoms with Gasteiger partial charge in [0.1, 0.15) is 6.04 Å². The molecule has 7 nitrogen and oxygen atoms in total. The smallest absolute Gasteiger partial charge is 0.381 e. The van der Waals surface area contributed by atoms with Crippen LogP contribution in [0.25, 0.3) is 10.5 Å². The van der Waals surface area contributed by atoms with Gasteiger partial charge in [0.15, 0.2) is 5.01 Å². The van der Waals surface area contributed by atoms with Gasteiger partial charge in [0.05, 0.1) is 15.5 Å². The minimum atomic E-state index is -4.70. The van der Waals surface area contributed by atoms with Gasteiger partial charge in [-0.15, -0.1) is 11.3 Å². The summed E-state index contributed by atoms with van der Waals surface area (Å²) >= 11 is 1.32. The predicted molar refractivity (Wildman–Crippen MR) is 152 cm³/mol. The Bertz CT molecular complexity index is 1490. The molecule has 1 saturated heterocycles. The molecule has 1 aromatic carbocycles. The highest BCUT2D eigenvalue weighted by Crippen LogP contribution is 2.35. The first-order valence-electron chi connectivity index (χ1n) is 14.3. The first kappa shape index (κ1) is 30.2. The number of thiazole rings is 1. The Kier molecular flexibility index (Phi) is 9.22. The fraction of sp³-hybridized carbons (Fsp3) is 0.586. The van der Waals surface area contributed by atoms with Crippen molar-refractivity contribution in [1.29, 1.82) is 0 Å². The van der Waals surface area contributed by atoms with Gasteiger partial charge in [0, 0.05) is 19.3 Å². The molecule has 0 unspecified atom stereocenters. The standard InChI is InChI=1S/C29H36F3N3O4S2/c1-18(29(30,31)32)35-41(37,38)25-12-11-23(21-9-5-6-10-22(21)25)26-24(17-19-7-3-2-4-8-19)34-28(40-26)27(36)33-20-13-15-39-16-14-20/h5-6,9-10,18-20,35H,2-4,7-8,11-17H2,1H3,(H,33,36)/t18-/m0/s1. The Morgan fingerprint density at radius 3 is 2.44 bits per heavy atom. The molecule has 2 fully saturated rings. The fourth-order valence-corrected chi connectivity index (χ4v) is 8.62. The Balaban J connectivity index is 1.57. The highest BCUT2D eigenvalue weighted by molar-refractivity contribution is 7.98. The van der Waals surface area contributed by atoms with Gasteiger partial charge in [-0.25, -0.2) is 13.4 Å². The molecule has 5 rings (SSSR count). The number of halogens is 3. The van der Waals surface area contributed by atoms with Crippen molar-refractivity contribution in [3.8, 4) is 0 Å². The number of carbonyl (C=O) groups excluding carboxylic acids is 1. The van der Waals surface area contributed by atoms with Crippen molar-refractivity contribution in [2.24, 2.45) is 5.92 Å². The van der Waals surface area contributed by atoms with Gasteiger partial charge in [-0.3, -0.25) is 4.79 Å². The fourth-order valence-electron chi connectivity index (χ4n) is 5.96. The molecule has 0 radical (unpaired) electrons. The summed E-state index contributed by atoms with van der Waals surface area (Å²) in [7, 11) is -4.40. The summed E-state index contributed by atoms with van der Waals surface area (Å²) in [5.41, 5.74) is 1.73. The molecule has 224 valence electrons. The van der Waals surface area contributed by atoms with Crippen molar-refractivity contribution in [2.45, 2.75) is 89.4 Å². The number of carbonyl (C=O) groups is 1. The number of hydrogen-bond donors (Lipinski definition) is 2. The number of benzene rings is 1. The number of nitrogens with zero attached hydrogens (tertiary/aromatic N) is 1. The minimum Gasteiger partial charge on any atom is -0.381 e. The third-order valence-electron chi connectivity index (χ3n) is 8.23. The summed E-state index contributed by atoms with van der Waals surface area (Å²) in [5.74, 6) is 0.244. The van der Waals surface area contributed by atoms with Crippen LogP contribution in [0.2, 0.25) is 0 Å². The summed E-state index contributed by atoms with van der Waals surface area (Å²) in [6.45, 7) is 2.01. The molecule has 1 aromatic heterocycles. The second-order valence-corrected chi connectivity index (χ2v) is 13.9. The van der Waals surface area contributed by atoms with Gasteiger partial charge in [0.2, 0.25) is 10.0 Å². The molecule has 0 spiro atoms. The normalized spacial score (nSPS) is 20.1. The van der Waals surface area contributed by atoms with Gasteiger partial charge in [-0.2, -0.15) is 17.9 Å². The first-order chi connectivity index (χ1) is 19.5. The lowest BCUT2D eigenvalue weighted by Crippen LogP contribution is -2.45. The van der Waals surface area contributed by atoms with Crippen LogP contribution in [-0.4, -0.2) is 50.8 Å². The summed E-state index contributed by atoms with van der Waals surface area (Å²) in [6.07, 6.45) is 3.66. The SMILES string of the molecule is C[C@H](NS(=O)(=O)C1=c2ccccc2=C(c2sc(C(=O)NC3CCOCC3)nc2CC2CCCCC2)CC1)C(F)(F)F. The van der Waals surface area contributed by atoms with Gasteiger partial charge in [-0.1, -0.05) is 56.4 Å². The number of aromatic nitrogens is 1. The molecule has 1 aliphatic heterocycles. The third kappa shape index (κ3) is 7.03. The van der Waals surface area contributed by atoms with E-state index in [0.29, 0.717) is 41.0 Å². The zero-order valence-corrected chi connectivity index (χ0v) is 24.7. The van der Waals surface area contributed by atoms with Crippen molar-refractivity contribution < 1.29 is 31.1 Å². The number of sulfonamides is 1. The Morgan fingerprint density at radius 1 is 1.07 bits per heavy atom. The summed E-state index contributed by atoms with van der Waals surface area (Å²) in [6, 6.07) is 4.74. The monoisotopic (exact) mass is 611 g/mol. The zero-order chi connectivity index (χ0) is 29.2. The van der Waals surface area contributed by atoms with Crippen molar-refractivity contribution in [3.05, 3.63) is 50.3 Å². The van der Waals surface area contributed by atoms with Crippen LogP contribution in [0.3, 0.4) is 0 Å². The largest absolute Gasteiger partial charge is 0.404 e. The van der Waals surface area contributed by atoms with Gasteiger partial charge >= 0.3 is 6.18 Å². The van der Waals surface area contributed by atoms with E-state index in [4.69, 9.17) is 9.72 Å². The van der Waals surface area contributed by atoms with E-state index in [1.165, 1.54) is 30.6 Å². The highest BCUT2D eigenvalue weighted by Gasteiger charge is 2.40. The van der Waals surface area contributed by atoms with Crippen molar-refractivity contribution in [2.75, 3.05) is 13.2 Å². The van der Waals surface area contributed by atoms with Crippen LogP contribution in [0.1, 0.15) is 85.1 Å². The molecular weight excluding hydrogens is 575 g/mol. The molecule has 2 aliphatic carbocycles. The van der Waals surface area contributed by atoms with Crippen LogP contribution < -0.4 is 20.5 Å². The van der Waals surface area contributed by atoms with Crippen LogP contribution in [0.15, 0.2) is 24.3 Å². The van der Waals surface area contributed by atoms with Crippen molar-refractivity contribution in [3.63, 3.8) is 0 Å². The van der Waals surface area contributed by atoms with Gasteiger partial charge in [-0.05, 0) is 61.0 Å². The van der Waals surface area contributed by atoms with Gasteiger partial charge < -0.3 is 10.1 Å². The topological polar surface area (TPSA) is 97.4 Å². The molecule has 1 saturated carbocycles. The number of fused-ring (bicyclic) bond motifs is 1. The van der Waals surface area contributed by atoms with E-state index in [0.717, 1.165) is 55.2 Å². The lowest BCUT2D eigenvalue weighted by Gasteiger charge is -2.23. The second-order valence-electron chi connectivity index (χ2n) is 11.2. The van der Waals surface area contributed by atoms with Crippen LogP contribution >= 0.6 is 11.3 Å². The minimum absolute atomic E-state index is 0.0300. The quantitative estimate of drug-likeness (QED) is 0.468. The summed E-state index contributed by atoms with van der Waals surface area (Å²) in [4.78, 5) is 18.9. The Morgan fingerprint density at radius 2 is 1.76 bits per heavy atom. The van der Waals surface area contributed by atoms with E-state index in [-0.39, 0.29) is 23.3 Å². The highest BCUT2D eigenvalue weighted by atomic mass is 32.2. The van der Waals surface area contributed by atoms with Crippen LogP contribution in [0.5, 0.6) is 0 Å². The molecule has 2 aromatic rings. The number of ether oxygens (including phenoxy) is 1. The Hall–Kier alpha value is -2.28. The molecule has 2 N–H and O–H groups in total. The van der Waals surface area contributed by atoms with E-state index in [1.54, 1.807) is 24.3 Å². The van der Waals surface area contributed by atoms with E-state index >= 15 is 0 Å². The third-order valence-corrected chi connectivity index (χ3v) is 11.1. The van der Waals surface area contributed by atoms with Crippen LogP contribution in [0, 0.1) is 5.92 Å². The predicted octanol–water partition coefficient (Wildman–Crippen LogP) is 4.15. The molecule has 1 atom stereocenters. The van der Waals surface area contributed by atoms with Crippen LogP contribution in [-0.2, 0) is 21.2 Å². The molecule has 12 heteroatoms. The molecule has 2 heterocycles. The van der Waals surface area contributed by atoms with E-state index in [1.807, 2.05) is 4.72 Å². The van der Waals surface area contributed by atoms with E-state index < -0.39 is 22.2 Å². The molecule has 1 amide bonds.